The molecule has 0 saturated carbocycles. The van der Waals surface area contributed by atoms with Crippen LogP contribution < -0.4 is 0 Å². The summed E-state index contributed by atoms with van der Waals surface area (Å²) >= 11 is 9.39. The molecule has 0 amide bonds. The van der Waals surface area contributed by atoms with Crippen LogP contribution in [0, 0.1) is 16.2 Å². The van der Waals surface area contributed by atoms with Crippen molar-refractivity contribution in [1.29, 1.82) is 0 Å². The van der Waals surface area contributed by atoms with E-state index in [1.807, 2.05) is 0 Å². The first-order valence-corrected chi connectivity index (χ1v) is 21.0. The molecule has 0 aromatic heterocycles. The molecule has 0 N–H and O–H groups in total. The van der Waals surface area contributed by atoms with Crippen molar-refractivity contribution in [1.82, 2.24) is 0 Å². The fraction of sp³-hybridized carbons (Fsp3) is 1.00. The zero-order valence-electron chi connectivity index (χ0n) is 15.0. The molecule has 6 atom stereocenters. The third kappa shape index (κ3) is 1.95. The molecule has 3 aliphatic heterocycles. The van der Waals surface area contributed by atoms with E-state index in [-0.39, 0.29) is 19.8 Å². The molecule has 0 nitrogen and oxygen atoms in total. The Labute approximate surface area is 169 Å². The van der Waals surface area contributed by atoms with Gasteiger partial charge in [-0.1, -0.05) is 0 Å². The van der Waals surface area contributed by atoms with Crippen molar-refractivity contribution in [3.63, 3.8) is 0 Å². The van der Waals surface area contributed by atoms with E-state index in [4.69, 9.17) is 0 Å². The summed E-state index contributed by atoms with van der Waals surface area (Å²) in [6, 6.07) is 0. The summed E-state index contributed by atoms with van der Waals surface area (Å²) < 4.78 is 2.11. The average Bonchev–Trinajstić information content (AvgIpc) is 2.55. The Kier molecular flexibility index (Phi) is 4.79. The van der Waals surface area contributed by atoms with Crippen LogP contribution in [0.3, 0.4) is 0 Å². The van der Waals surface area contributed by atoms with Crippen molar-refractivity contribution in [2.24, 2.45) is 16.2 Å². The minimum absolute atomic E-state index is 0.0199. The SMILES string of the molecule is CC(C)(C)C12[Se]P3[C@](C(C)(C)C)([Se][C@@]3(C(C)(C)C)P1[Se])P2[Se]. The quantitative estimate of drug-likeness (QED) is 0.264. The van der Waals surface area contributed by atoms with Crippen molar-refractivity contribution in [2.45, 2.75) is 73.7 Å². The molecule has 3 saturated heterocycles. The van der Waals surface area contributed by atoms with Crippen LogP contribution in [0.2, 0.25) is 0 Å². The van der Waals surface area contributed by atoms with Crippen molar-refractivity contribution >= 4 is 80.4 Å². The maximum absolute atomic E-state index is 3.86. The van der Waals surface area contributed by atoms with Gasteiger partial charge in [-0.15, -0.1) is 0 Å². The molecule has 3 fully saturated rings. The fourth-order valence-electron chi connectivity index (χ4n) is 3.79. The molecule has 2 bridgehead atoms. The number of fused-ring (bicyclic) bond motifs is 1. The van der Waals surface area contributed by atoms with E-state index in [1.165, 1.54) is 0 Å². The van der Waals surface area contributed by atoms with Gasteiger partial charge in [0, 0.05) is 0 Å². The first-order valence-electron chi connectivity index (χ1n) is 7.75. The van der Waals surface area contributed by atoms with E-state index in [9.17, 15) is 0 Å². The van der Waals surface area contributed by atoms with Gasteiger partial charge in [-0.3, -0.25) is 0 Å². The van der Waals surface area contributed by atoms with Crippen LogP contribution in [0.4, 0.5) is 0 Å². The van der Waals surface area contributed by atoms with Gasteiger partial charge in [-0.25, -0.2) is 0 Å². The van der Waals surface area contributed by atoms with Crippen LogP contribution in [0.5, 0.6) is 0 Å². The minimum atomic E-state index is 0.0199. The molecule has 22 heavy (non-hydrogen) atoms. The first-order chi connectivity index (χ1) is 9.61. The molecule has 0 aromatic carbocycles. The van der Waals surface area contributed by atoms with E-state index in [0.29, 0.717) is 20.0 Å². The topological polar surface area (TPSA) is 0 Å². The third-order valence-corrected chi connectivity index (χ3v) is 62.0. The molecule has 3 aliphatic rings. The van der Waals surface area contributed by atoms with Gasteiger partial charge in [-0.2, -0.15) is 0 Å². The van der Waals surface area contributed by atoms with Crippen LogP contribution in [-0.2, 0) is 0 Å². The zero-order valence-corrected chi connectivity index (χ0v) is 24.5. The maximum atomic E-state index is 3.86. The Bertz CT molecular complexity index is 484. The van der Waals surface area contributed by atoms with Crippen molar-refractivity contribution in [2.75, 3.05) is 0 Å². The molecule has 0 aliphatic carbocycles. The number of hydrogen-bond donors (Lipinski definition) is 0. The summed E-state index contributed by atoms with van der Waals surface area (Å²) in [5.41, 5.74) is 1.45. The van der Waals surface area contributed by atoms with E-state index in [0.717, 1.165) is 37.1 Å². The van der Waals surface area contributed by atoms with E-state index in [1.54, 1.807) is 0 Å². The molecular weight excluding hydrogens is 589 g/mol. The first kappa shape index (κ1) is 20.1. The summed E-state index contributed by atoms with van der Waals surface area (Å²) in [6.45, 7) is 23.3. The predicted molar refractivity (Wildman–Crippen MR) is 110 cm³/mol. The number of hydrogen-bond acceptors (Lipinski definition) is 0. The van der Waals surface area contributed by atoms with Crippen LogP contribution in [0.15, 0.2) is 0 Å². The van der Waals surface area contributed by atoms with Gasteiger partial charge in [0.25, 0.3) is 0 Å². The van der Waals surface area contributed by atoms with Crippen molar-refractivity contribution < 1.29 is 0 Å². The van der Waals surface area contributed by atoms with E-state index in [2.05, 4.69) is 93.5 Å². The predicted octanol–water partition coefficient (Wildman–Crippen LogP) is 5.06. The Morgan fingerprint density at radius 1 is 0.636 bits per heavy atom. The Morgan fingerprint density at radius 2 is 0.955 bits per heavy atom. The second-order valence-corrected chi connectivity index (χ2v) is 33.1. The Balaban J connectivity index is 2.24. The summed E-state index contributed by atoms with van der Waals surface area (Å²) in [6.07, 6.45) is 0. The molecule has 0 aromatic rings. The van der Waals surface area contributed by atoms with Crippen LogP contribution in [0.25, 0.3) is 0 Å². The summed E-state index contributed by atoms with van der Waals surface area (Å²) in [5, 5.41) is 0. The van der Waals surface area contributed by atoms with Gasteiger partial charge in [0.05, 0.1) is 0 Å². The molecule has 0 spiro atoms. The second kappa shape index (κ2) is 5.25. The average molecular weight is 616 g/mol. The van der Waals surface area contributed by atoms with Gasteiger partial charge in [-0.05, 0) is 0 Å². The standard InChI is InChI=1S/C15H27P3Se4/c1-10(2,3)13-16(19)14(11(4,5)6)18(22-13)15(21-14,17(13)20)12(7,8)9/h1-9H3/t13?,14-,15+,16?,17?,18?. The zero-order chi connectivity index (χ0) is 17.1. The fourth-order valence-corrected chi connectivity index (χ4v) is 84.5. The molecule has 3 rings (SSSR count). The van der Waals surface area contributed by atoms with E-state index < -0.39 is 0 Å². The molecule has 2 radical (unpaired) electrons. The van der Waals surface area contributed by atoms with Crippen molar-refractivity contribution in [3.05, 3.63) is 0 Å². The van der Waals surface area contributed by atoms with Gasteiger partial charge < -0.3 is 0 Å². The summed E-state index contributed by atoms with van der Waals surface area (Å²) in [5.74, 6) is 0. The Morgan fingerprint density at radius 3 is 1.18 bits per heavy atom. The van der Waals surface area contributed by atoms with Crippen molar-refractivity contribution in [3.8, 4) is 0 Å². The van der Waals surface area contributed by atoms with Gasteiger partial charge in [0.15, 0.2) is 0 Å². The summed E-state index contributed by atoms with van der Waals surface area (Å²) in [4.78, 5) is 0. The third-order valence-electron chi connectivity index (χ3n) is 5.09. The summed E-state index contributed by atoms with van der Waals surface area (Å²) in [7, 11) is 0. The molecule has 7 heteroatoms. The van der Waals surface area contributed by atoms with Gasteiger partial charge in [0.2, 0.25) is 0 Å². The molecule has 126 valence electrons. The van der Waals surface area contributed by atoms with Crippen LogP contribution >= 0.6 is 19.8 Å². The van der Waals surface area contributed by atoms with E-state index >= 15 is 0 Å². The van der Waals surface area contributed by atoms with Crippen LogP contribution in [-0.4, -0.2) is 72.0 Å². The molecular formula is C15H27P3Se4. The number of rotatable bonds is 0. The van der Waals surface area contributed by atoms with Gasteiger partial charge >= 0.3 is 170 Å². The van der Waals surface area contributed by atoms with Gasteiger partial charge in [0.1, 0.15) is 0 Å². The molecule has 3 heterocycles. The molecule has 4 unspecified atom stereocenters. The normalized spacial score (nSPS) is 51.1. The van der Waals surface area contributed by atoms with Crippen LogP contribution in [0.1, 0.15) is 62.3 Å². The monoisotopic (exact) mass is 620 g/mol. The Hall–Kier alpha value is 3.37. The second-order valence-electron chi connectivity index (χ2n) is 9.65.